The maximum atomic E-state index is 13.7. The lowest BCUT2D eigenvalue weighted by atomic mass is 9.98. The van der Waals surface area contributed by atoms with Gasteiger partial charge in [-0.3, -0.25) is 9.59 Å². The number of rotatable bonds is 10. The Morgan fingerprint density at radius 1 is 0.974 bits per heavy atom. The van der Waals surface area contributed by atoms with Gasteiger partial charge in [0.25, 0.3) is 11.8 Å². The van der Waals surface area contributed by atoms with Crippen molar-refractivity contribution in [2.24, 2.45) is 5.10 Å². The third kappa shape index (κ3) is 6.15. The standard InChI is InChI=1S/C29H30ClN3O5/c1-36-16-15-32(29(35)24-9-4-5-10-25(24)30)19-28(34)33-27(20-11-13-22(37-2)14-12-20)18-26(31-33)21-7-6-8-23(17-21)38-3/h4-14,17,27H,15-16,18-19H2,1-3H3/t27-/m1/s1. The van der Waals surface area contributed by atoms with E-state index in [9.17, 15) is 9.59 Å². The van der Waals surface area contributed by atoms with Gasteiger partial charge in [-0.15, -0.1) is 0 Å². The van der Waals surface area contributed by atoms with E-state index in [2.05, 4.69) is 0 Å². The van der Waals surface area contributed by atoms with E-state index in [1.807, 2.05) is 48.5 Å². The van der Waals surface area contributed by atoms with Crippen molar-refractivity contribution >= 4 is 29.1 Å². The predicted molar refractivity (Wildman–Crippen MR) is 146 cm³/mol. The van der Waals surface area contributed by atoms with E-state index in [0.29, 0.717) is 22.8 Å². The first-order valence-electron chi connectivity index (χ1n) is 12.2. The first-order valence-corrected chi connectivity index (χ1v) is 12.5. The summed E-state index contributed by atoms with van der Waals surface area (Å²) in [4.78, 5) is 28.5. The zero-order valence-corrected chi connectivity index (χ0v) is 22.4. The molecule has 0 radical (unpaired) electrons. The Morgan fingerprint density at radius 2 is 1.71 bits per heavy atom. The molecule has 9 heteroatoms. The zero-order chi connectivity index (χ0) is 27.1. The Morgan fingerprint density at radius 3 is 2.39 bits per heavy atom. The first kappa shape index (κ1) is 27.2. The van der Waals surface area contributed by atoms with E-state index in [1.165, 1.54) is 9.91 Å². The van der Waals surface area contributed by atoms with Gasteiger partial charge in [0, 0.05) is 25.6 Å². The maximum Gasteiger partial charge on any atom is 0.262 e. The van der Waals surface area contributed by atoms with E-state index in [1.54, 1.807) is 45.6 Å². The van der Waals surface area contributed by atoms with Crippen molar-refractivity contribution in [2.45, 2.75) is 12.5 Å². The van der Waals surface area contributed by atoms with Crippen LogP contribution in [-0.4, -0.2) is 68.5 Å². The summed E-state index contributed by atoms with van der Waals surface area (Å²) in [6.07, 6.45) is 0.502. The van der Waals surface area contributed by atoms with E-state index < -0.39 is 0 Å². The lowest BCUT2D eigenvalue weighted by Gasteiger charge is -2.27. The summed E-state index contributed by atoms with van der Waals surface area (Å²) >= 11 is 6.28. The number of methoxy groups -OCH3 is 3. The molecule has 198 valence electrons. The molecule has 0 aromatic heterocycles. The molecule has 38 heavy (non-hydrogen) atoms. The monoisotopic (exact) mass is 535 g/mol. The van der Waals surface area contributed by atoms with Crippen LogP contribution in [0, 0.1) is 0 Å². The molecular formula is C29H30ClN3O5. The van der Waals surface area contributed by atoms with Gasteiger partial charge in [-0.1, -0.05) is 48.0 Å². The predicted octanol–water partition coefficient (Wildman–Crippen LogP) is 4.82. The van der Waals surface area contributed by atoms with Crippen LogP contribution in [0.5, 0.6) is 11.5 Å². The molecule has 0 N–H and O–H groups in total. The number of halogens is 1. The van der Waals surface area contributed by atoms with Gasteiger partial charge in [0.05, 0.1) is 43.2 Å². The molecule has 4 rings (SSSR count). The highest BCUT2D eigenvalue weighted by Gasteiger charge is 2.35. The topological polar surface area (TPSA) is 80.7 Å². The van der Waals surface area contributed by atoms with E-state index >= 15 is 0 Å². The van der Waals surface area contributed by atoms with Crippen LogP contribution in [0.3, 0.4) is 0 Å². The Balaban J connectivity index is 1.65. The fraction of sp³-hybridized carbons (Fsp3) is 0.276. The number of carbonyl (C=O) groups excluding carboxylic acids is 2. The number of hydrogen-bond donors (Lipinski definition) is 0. The Kier molecular flexibility index (Phi) is 8.99. The third-order valence-electron chi connectivity index (χ3n) is 6.35. The maximum absolute atomic E-state index is 13.7. The number of nitrogens with zero attached hydrogens (tertiary/aromatic N) is 3. The van der Waals surface area contributed by atoms with Gasteiger partial charge in [-0.2, -0.15) is 5.10 Å². The average Bonchev–Trinajstić information content (AvgIpc) is 3.41. The molecule has 0 unspecified atom stereocenters. The highest BCUT2D eigenvalue weighted by molar-refractivity contribution is 6.33. The largest absolute Gasteiger partial charge is 0.497 e. The summed E-state index contributed by atoms with van der Waals surface area (Å²) in [7, 11) is 4.76. The average molecular weight is 536 g/mol. The number of hydrogen-bond acceptors (Lipinski definition) is 6. The van der Waals surface area contributed by atoms with Crippen LogP contribution in [0.2, 0.25) is 5.02 Å². The minimum atomic E-state index is -0.353. The lowest BCUT2D eigenvalue weighted by molar-refractivity contribution is -0.133. The van der Waals surface area contributed by atoms with Gasteiger partial charge in [0.15, 0.2) is 0 Å². The van der Waals surface area contributed by atoms with Gasteiger partial charge < -0.3 is 19.1 Å². The molecule has 0 aliphatic carbocycles. The van der Waals surface area contributed by atoms with E-state index in [0.717, 1.165) is 22.6 Å². The molecule has 1 heterocycles. The van der Waals surface area contributed by atoms with Crippen molar-refractivity contribution in [1.82, 2.24) is 9.91 Å². The van der Waals surface area contributed by atoms with Crippen molar-refractivity contribution in [2.75, 3.05) is 41.0 Å². The van der Waals surface area contributed by atoms with Crippen LogP contribution in [0.15, 0.2) is 77.9 Å². The quantitative estimate of drug-likeness (QED) is 0.372. The molecule has 3 aromatic rings. The number of ether oxygens (including phenoxy) is 3. The lowest BCUT2D eigenvalue weighted by Crippen LogP contribution is -2.42. The summed E-state index contributed by atoms with van der Waals surface area (Å²) in [5.41, 5.74) is 2.84. The van der Waals surface area contributed by atoms with Crippen molar-refractivity contribution in [3.63, 3.8) is 0 Å². The molecule has 0 saturated heterocycles. The molecule has 0 spiro atoms. The van der Waals surface area contributed by atoms with E-state index in [-0.39, 0.29) is 37.6 Å². The fourth-order valence-corrected chi connectivity index (χ4v) is 4.51. The SMILES string of the molecule is COCCN(CC(=O)N1N=C(c2cccc(OC)c2)C[C@@H]1c1ccc(OC)cc1)C(=O)c1ccccc1Cl. The normalized spacial score (nSPS) is 14.7. The van der Waals surface area contributed by atoms with Crippen LogP contribution in [0.25, 0.3) is 0 Å². The highest BCUT2D eigenvalue weighted by Crippen LogP contribution is 2.34. The summed E-state index contributed by atoms with van der Waals surface area (Å²) < 4.78 is 15.9. The van der Waals surface area contributed by atoms with Crippen LogP contribution in [0.4, 0.5) is 0 Å². The second-order valence-corrected chi connectivity index (χ2v) is 9.12. The van der Waals surface area contributed by atoms with Crippen molar-refractivity contribution in [3.8, 4) is 11.5 Å². The number of benzene rings is 3. The van der Waals surface area contributed by atoms with E-state index in [4.69, 9.17) is 30.9 Å². The molecule has 1 aliphatic rings. The highest BCUT2D eigenvalue weighted by atomic mass is 35.5. The number of hydrazone groups is 1. The number of amides is 2. The zero-order valence-electron chi connectivity index (χ0n) is 21.6. The third-order valence-corrected chi connectivity index (χ3v) is 6.68. The van der Waals surface area contributed by atoms with Gasteiger partial charge in [0.1, 0.15) is 18.0 Å². The smallest absolute Gasteiger partial charge is 0.262 e. The van der Waals surface area contributed by atoms with Crippen LogP contribution in [0.1, 0.15) is 33.9 Å². The van der Waals surface area contributed by atoms with Crippen LogP contribution in [-0.2, 0) is 9.53 Å². The van der Waals surface area contributed by atoms with Crippen LogP contribution >= 0.6 is 11.6 Å². The summed E-state index contributed by atoms with van der Waals surface area (Å²) in [6.45, 7) is 0.304. The van der Waals surface area contributed by atoms with Crippen molar-refractivity contribution < 1.29 is 23.8 Å². The molecule has 1 atom stereocenters. The second kappa shape index (κ2) is 12.6. The molecule has 0 bridgehead atoms. The molecular weight excluding hydrogens is 506 g/mol. The second-order valence-electron chi connectivity index (χ2n) is 8.71. The summed E-state index contributed by atoms with van der Waals surface area (Å²) in [5, 5.41) is 6.53. The molecule has 0 fully saturated rings. The van der Waals surface area contributed by atoms with Crippen molar-refractivity contribution in [1.29, 1.82) is 0 Å². The summed E-state index contributed by atoms with van der Waals surface area (Å²) in [6, 6.07) is 21.6. The minimum Gasteiger partial charge on any atom is -0.497 e. The number of carbonyl (C=O) groups is 2. The molecule has 8 nitrogen and oxygen atoms in total. The van der Waals surface area contributed by atoms with Gasteiger partial charge in [-0.25, -0.2) is 5.01 Å². The van der Waals surface area contributed by atoms with Gasteiger partial charge in [-0.05, 0) is 42.0 Å². The van der Waals surface area contributed by atoms with Gasteiger partial charge in [0.2, 0.25) is 0 Å². The van der Waals surface area contributed by atoms with Crippen molar-refractivity contribution in [3.05, 3.63) is 94.5 Å². The molecule has 1 aliphatic heterocycles. The molecule has 0 saturated carbocycles. The van der Waals surface area contributed by atoms with Gasteiger partial charge >= 0.3 is 0 Å². The molecule has 3 aromatic carbocycles. The molecule has 2 amide bonds. The first-order chi connectivity index (χ1) is 18.4. The Hall–Kier alpha value is -3.88. The summed E-state index contributed by atoms with van der Waals surface area (Å²) in [5.74, 6) is 0.750. The van der Waals surface area contributed by atoms with Crippen LogP contribution < -0.4 is 9.47 Å². The minimum absolute atomic E-state index is 0.186. The Bertz CT molecular complexity index is 1310. The Labute approximate surface area is 227 Å². The fourth-order valence-electron chi connectivity index (χ4n) is 4.30.